The summed E-state index contributed by atoms with van der Waals surface area (Å²) in [5.41, 5.74) is 1.96. The minimum Gasteiger partial charge on any atom is -0.309 e. The molecule has 1 atom stereocenters. The van der Waals surface area contributed by atoms with E-state index in [-0.39, 0.29) is 11.7 Å². The van der Waals surface area contributed by atoms with Gasteiger partial charge in [0.05, 0.1) is 16.3 Å². The third-order valence-electron chi connectivity index (χ3n) is 2.94. The summed E-state index contributed by atoms with van der Waals surface area (Å²) in [6, 6.07) is 3.75. The zero-order chi connectivity index (χ0) is 15.6. The van der Waals surface area contributed by atoms with Gasteiger partial charge in [-0.25, -0.2) is 8.42 Å². The van der Waals surface area contributed by atoms with E-state index >= 15 is 0 Å². The monoisotopic (exact) mass is 327 g/mol. The van der Waals surface area contributed by atoms with E-state index < -0.39 is 15.8 Å². The molecule has 0 bridgehead atoms. The Hall–Kier alpha value is -1.67. The molecule has 1 amide bonds. The summed E-state index contributed by atoms with van der Waals surface area (Å²) < 4.78 is 22.4. The molecule has 0 saturated carbocycles. The van der Waals surface area contributed by atoms with Gasteiger partial charge < -0.3 is 5.32 Å². The van der Waals surface area contributed by atoms with Crippen LogP contribution in [0, 0.1) is 12.8 Å². The predicted molar refractivity (Wildman–Crippen MR) is 84.1 cm³/mol. The molecule has 0 aromatic carbocycles. The molecule has 2 aromatic rings. The Bertz CT molecular complexity index is 746. The summed E-state index contributed by atoms with van der Waals surface area (Å²) in [4.78, 5) is 13.0. The lowest BCUT2D eigenvalue weighted by atomic mass is 10.2. The molecule has 0 saturated heterocycles. The van der Waals surface area contributed by atoms with Gasteiger partial charge in [-0.2, -0.15) is 5.10 Å². The van der Waals surface area contributed by atoms with Crippen molar-refractivity contribution < 1.29 is 13.2 Å². The molecule has 0 spiro atoms. The third-order valence-corrected chi connectivity index (χ3v) is 5.09. The average molecular weight is 327 g/mol. The van der Waals surface area contributed by atoms with Crippen molar-refractivity contribution in [3.05, 3.63) is 23.1 Å². The van der Waals surface area contributed by atoms with E-state index in [0.29, 0.717) is 5.82 Å². The number of H-pyrrole nitrogens is 1. The molecule has 21 heavy (non-hydrogen) atoms. The lowest BCUT2D eigenvalue weighted by Gasteiger charge is -2.08. The van der Waals surface area contributed by atoms with E-state index in [2.05, 4.69) is 15.5 Å². The van der Waals surface area contributed by atoms with E-state index in [1.54, 1.807) is 24.3 Å². The summed E-state index contributed by atoms with van der Waals surface area (Å²) in [6.07, 6.45) is 1.11. The van der Waals surface area contributed by atoms with Crippen molar-refractivity contribution in [1.29, 1.82) is 0 Å². The number of aromatic nitrogens is 2. The van der Waals surface area contributed by atoms with Crippen molar-refractivity contribution >= 4 is 32.9 Å². The Balaban J connectivity index is 2.06. The fraction of sp³-hybridized carbons (Fsp3) is 0.385. The van der Waals surface area contributed by atoms with Crippen LogP contribution in [0.2, 0.25) is 0 Å². The number of amides is 1. The first kappa shape index (κ1) is 15.7. The van der Waals surface area contributed by atoms with Gasteiger partial charge in [0.2, 0.25) is 5.91 Å². The van der Waals surface area contributed by atoms with Crippen LogP contribution < -0.4 is 5.32 Å². The summed E-state index contributed by atoms with van der Waals surface area (Å²) in [7, 11) is -3.18. The molecule has 0 aliphatic carbocycles. The molecule has 8 heteroatoms. The highest BCUT2D eigenvalue weighted by atomic mass is 32.2. The number of thiophene rings is 1. The Kier molecular flexibility index (Phi) is 4.48. The fourth-order valence-corrected chi connectivity index (χ4v) is 3.88. The van der Waals surface area contributed by atoms with Crippen LogP contribution in [0.4, 0.5) is 5.82 Å². The number of sulfone groups is 1. The summed E-state index contributed by atoms with van der Waals surface area (Å²) in [5.74, 6) is -0.770. The zero-order valence-electron chi connectivity index (χ0n) is 12.0. The Labute approximate surface area is 127 Å². The van der Waals surface area contributed by atoms with Crippen LogP contribution in [-0.2, 0) is 14.6 Å². The van der Waals surface area contributed by atoms with Crippen LogP contribution in [0.1, 0.15) is 12.5 Å². The highest BCUT2D eigenvalue weighted by molar-refractivity contribution is 7.90. The van der Waals surface area contributed by atoms with Crippen LogP contribution in [0.3, 0.4) is 0 Å². The molecule has 0 aliphatic rings. The minimum absolute atomic E-state index is 0.180. The number of aromatic amines is 1. The van der Waals surface area contributed by atoms with E-state index in [1.807, 2.05) is 18.4 Å². The highest BCUT2D eigenvalue weighted by Gasteiger charge is 2.19. The van der Waals surface area contributed by atoms with Gasteiger partial charge in [-0.05, 0) is 23.9 Å². The molecular formula is C13H17N3O3S2. The van der Waals surface area contributed by atoms with Crippen LogP contribution in [0.15, 0.2) is 17.5 Å². The quantitative estimate of drug-likeness (QED) is 0.879. The molecule has 2 aromatic heterocycles. The number of hydrogen-bond donors (Lipinski definition) is 2. The number of nitrogens with zero attached hydrogens (tertiary/aromatic N) is 1. The standard InChI is InChI=1S/C13H17N3O3S2/c1-8-4-5-20-12(8)10-6-11(16-15-10)14-13(17)9(2)7-21(3,18)19/h4-6,9H,7H2,1-3H3,(H2,14,15,16,17)/t9-/m1/s1. The Morgan fingerprint density at radius 1 is 1.52 bits per heavy atom. The first-order valence-electron chi connectivity index (χ1n) is 6.35. The van der Waals surface area contributed by atoms with Crippen molar-refractivity contribution in [3.63, 3.8) is 0 Å². The highest BCUT2D eigenvalue weighted by Crippen LogP contribution is 2.28. The Morgan fingerprint density at radius 2 is 2.24 bits per heavy atom. The lowest BCUT2D eigenvalue weighted by molar-refractivity contribution is -0.118. The molecule has 2 heterocycles. The molecule has 6 nitrogen and oxygen atoms in total. The smallest absolute Gasteiger partial charge is 0.229 e. The third kappa shape index (κ3) is 4.15. The summed E-state index contributed by atoms with van der Waals surface area (Å²) >= 11 is 1.59. The largest absolute Gasteiger partial charge is 0.309 e. The van der Waals surface area contributed by atoms with Gasteiger partial charge in [0.1, 0.15) is 9.84 Å². The average Bonchev–Trinajstić information content (AvgIpc) is 2.95. The molecule has 0 fully saturated rings. The fourth-order valence-electron chi connectivity index (χ4n) is 1.93. The second-order valence-corrected chi connectivity index (χ2v) is 8.18. The van der Waals surface area contributed by atoms with Crippen LogP contribution >= 0.6 is 11.3 Å². The van der Waals surface area contributed by atoms with E-state index in [9.17, 15) is 13.2 Å². The maximum atomic E-state index is 11.9. The van der Waals surface area contributed by atoms with Crippen molar-refractivity contribution in [2.45, 2.75) is 13.8 Å². The predicted octanol–water partition coefficient (Wildman–Crippen LogP) is 2.07. The van der Waals surface area contributed by atoms with Gasteiger partial charge in [0.25, 0.3) is 0 Å². The number of aryl methyl sites for hydroxylation is 1. The van der Waals surface area contributed by atoms with Crippen LogP contribution in [0.25, 0.3) is 10.6 Å². The number of nitrogens with one attached hydrogen (secondary N) is 2. The number of carbonyl (C=O) groups is 1. The second kappa shape index (κ2) is 5.98. The summed E-state index contributed by atoms with van der Waals surface area (Å²) in [5, 5.41) is 11.5. The van der Waals surface area contributed by atoms with Gasteiger partial charge in [-0.3, -0.25) is 9.89 Å². The maximum Gasteiger partial charge on any atom is 0.229 e. The van der Waals surface area contributed by atoms with Gasteiger partial charge in [-0.1, -0.05) is 6.92 Å². The number of anilines is 1. The Morgan fingerprint density at radius 3 is 2.81 bits per heavy atom. The maximum absolute atomic E-state index is 11.9. The first-order chi connectivity index (χ1) is 9.76. The lowest BCUT2D eigenvalue weighted by Crippen LogP contribution is -2.26. The molecule has 0 aliphatic heterocycles. The summed E-state index contributed by atoms with van der Waals surface area (Å²) in [6.45, 7) is 3.58. The van der Waals surface area contributed by atoms with E-state index in [0.717, 1.165) is 22.4 Å². The minimum atomic E-state index is -3.18. The number of rotatable bonds is 5. The molecule has 2 N–H and O–H groups in total. The van der Waals surface area contributed by atoms with Crippen molar-refractivity contribution in [3.8, 4) is 10.6 Å². The SMILES string of the molecule is Cc1ccsc1-c1cc(NC(=O)[C@H](C)CS(C)(=O)=O)n[nH]1. The van der Waals surface area contributed by atoms with Gasteiger partial charge >= 0.3 is 0 Å². The van der Waals surface area contributed by atoms with Crippen LogP contribution in [-0.4, -0.2) is 36.5 Å². The normalized spacial score (nSPS) is 13.1. The second-order valence-electron chi connectivity index (χ2n) is 5.08. The molecular weight excluding hydrogens is 310 g/mol. The molecule has 114 valence electrons. The first-order valence-corrected chi connectivity index (χ1v) is 9.29. The van der Waals surface area contributed by atoms with Crippen molar-refractivity contribution in [2.24, 2.45) is 5.92 Å². The van der Waals surface area contributed by atoms with E-state index in [1.165, 1.54) is 0 Å². The zero-order valence-corrected chi connectivity index (χ0v) is 13.6. The molecule has 0 unspecified atom stereocenters. The molecule has 2 rings (SSSR count). The molecule has 0 radical (unpaired) electrons. The van der Waals surface area contributed by atoms with Gasteiger partial charge in [-0.15, -0.1) is 11.3 Å². The van der Waals surface area contributed by atoms with Crippen molar-refractivity contribution in [1.82, 2.24) is 10.2 Å². The van der Waals surface area contributed by atoms with Gasteiger partial charge in [0, 0.05) is 18.2 Å². The van der Waals surface area contributed by atoms with Gasteiger partial charge in [0.15, 0.2) is 5.82 Å². The topological polar surface area (TPSA) is 91.9 Å². The van der Waals surface area contributed by atoms with Crippen molar-refractivity contribution in [2.75, 3.05) is 17.3 Å². The van der Waals surface area contributed by atoms with E-state index in [4.69, 9.17) is 0 Å². The number of hydrogen-bond acceptors (Lipinski definition) is 5. The van der Waals surface area contributed by atoms with Crippen LogP contribution in [0.5, 0.6) is 0 Å². The number of carbonyl (C=O) groups excluding carboxylic acids is 1.